The zero-order valence-corrected chi connectivity index (χ0v) is 10.8. The van der Waals surface area contributed by atoms with Gasteiger partial charge in [-0.25, -0.2) is 0 Å². The largest absolute Gasteiger partial charge is 0.264 e. The molecule has 90 valence electrons. The Hall–Kier alpha value is -0.0900. The molecule has 0 amide bonds. The molecule has 0 radical (unpaired) electrons. The van der Waals surface area contributed by atoms with Gasteiger partial charge >= 0.3 is 0 Å². The van der Waals surface area contributed by atoms with Crippen LogP contribution in [0.3, 0.4) is 0 Å². The fraction of sp³-hybridized carbons (Fsp3) is 1.00. The standard InChI is InChI=1S/C11H22O3S/c1-10(2)9-11(14-15(3,12)13)7-5-4-6-8-11/h10H,4-9H2,1-3H3. The number of hydrogen-bond acceptors (Lipinski definition) is 3. The second-order valence-electron chi connectivity index (χ2n) is 5.13. The lowest BCUT2D eigenvalue weighted by molar-refractivity contribution is 0.0184. The molecule has 0 bridgehead atoms. The highest BCUT2D eigenvalue weighted by molar-refractivity contribution is 7.86. The van der Waals surface area contributed by atoms with E-state index in [9.17, 15) is 8.42 Å². The van der Waals surface area contributed by atoms with E-state index in [0.29, 0.717) is 5.92 Å². The second kappa shape index (κ2) is 4.83. The van der Waals surface area contributed by atoms with E-state index in [1.807, 2.05) is 0 Å². The summed E-state index contributed by atoms with van der Waals surface area (Å²) in [5.41, 5.74) is -0.403. The van der Waals surface area contributed by atoms with Crippen molar-refractivity contribution in [3.63, 3.8) is 0 Å². The average Bonchev–Trinajstić information content (AvgIpc) is 1.99. The summed E-state index contributed by atoms with van der Waals surface area (Å²) in [5, 5.41) is 0. The van der Waals surface area contributed by atoms with Crippen molar-refractivity contribution in [1.29, 1.82) is 0 Å². The number of rotatable bonds is 4. The van der Waals surface area contributed by atoms with E-state index < -0.39 is 15.7 Å². The number of hydrogen-bond donors (Lipinski definition) is 0. The maximum absolute atomic E-state index is 11.3. The van der Waals surface area contributed by atoms with Crippen LogP contribution in [0, 0.1) is 5.92 Å². The fourth-order valence-electron chi connectivity index (χ4n) is 2.58. The van der Waals surface area contributed by atoms with Crippen molar-refractivity contribution in [2.75, 3.05) is 6.26 Å². The summed E-state index contributed by atoms with van der Waals surface area (Å²) >= 11 is 0. The smallest absolute Gasteiger partial charge is 0.264 e. The molecule has 1 rings (SSSR count). The van der Waals surface area contributed by atoms with Crippen LogP contribution in [0.4, 0.5) is 0 Å². The quantitative estimate of drug-likeness (QED) is 0.702. The van der Waals surface area contributed by atoms with Crippen LogP contribution in [-0.2, 0) is 14.3 Å². The van der Waals surface area contributed by atoms with Gasteiger partial charge in [0.1, 0.15) is 0 Å². The lowest BCUT2D eigenvalue weighted by Gasteiger charge is -2.37. The molecule has 4 heteroatoms. The van der Waals surface area contributed by atoms with E-state index in [4.69, 9.17) is 4.18 Å². The van der Waals surface area contributed by atoms with E-state index in [0.717, 1.165) is 38.4 Å². The average molecular weight is 234 g/mol. The molecule has 0 aromatic heterocycles. The van der Waals surface area contributed by atoms with Gasteiger partial charge in [0.2, 0.25) is 0 Å². The first-order chi connectivity index (χ1) is 6.83. The van der Waals surface area contributed by atoms with Gasteiger partial charge in [-0.05, 0) is 25.2 Å². The summed E-state index contributed by atoms with van der Waals surface area (Å²) in [6.45, 7) is 4.23. The third-order valence-electron chi connectivity index (χ3n) is 2.87. The molecule has 0 atom stereocenters. The Balaban J connectivity index is 2.75. The zero-order chi connectivity index (χ0) is 11.5. The van der Waals surface area contributed by atoms with Gasteiger partial charge in [-0.15, -0.1) is 0 Å². The van der Waals surface area contributed by atoms with Gasteiger partial charge in [0.15, 0.2) is 0 Å². The van der Waals surface area contributed by atoms with E-state index in [1.165, 1.54) is 6.42 Å². The minimum absolute atomic E-state index is 0.403. The Labute approximate surface area is 93.3 Å². The molecule has 0 spiro atoms. The topological polar surface area (TPSA) is 43.4 Å². The van der Waals surface area contributed by atoms with Crippen molar-refractivity contribution in [3.8, 4) is 0 Å². The van der Waals surface area contributed by atoms with Crippen LogP contribution in [0.25, 0.3) is 0 Å². The summed E-state index contributed by atoms with van der Waals surface area (Å²) in [4.78, 5) is 0. The van der Waals surface area contributed by atoms with E-state index in [2.05, 4.69) is 13.8 Å². The maximum atomic E-state index is 11.3. The molecular formula is C11H22O3S. The van der Waals surface area contributed by atoms with Crippen molar-refractivity contribution < 1.29 is 12.6 Å². The van der Waals surface area contributed by atoms with Gasteiger partial charge in [0.05, 0.1) is 11.9 Å². The summed E-state index contributed by atoms with van der Waals surface area (Å²) in [6, 6.07) is 0. The zero-order valence-electron chi connectivity index (χ0n) is 9.95. The maximum Gasteiger partial charge on any atom is 0.264 e. The highest BCUT2D eigenvalue weighted by Gasteiger charge is 2.36. The van der Waals surface area contributed by atoms with E-state index >= 15 is 0 Å². The first-order valence-corrected chi connectivity index (χ1v) is 7.55. The van der Waals surface area contributed by atoms with Crippen LogP contribution in [0.5, 0.6) is 0 Å². The minimum atomic E-state index is -3.33. The van der Waals surface area contributed by atoms with Gasteiger partial charge in [-0.1, -0.05) is 33.1 Å². The molecule has 0 aliphatic heterocycles. The molecule has 3 nitrogen and oxygen atoms in total. The predicted molar refractivity (Wildman–Crippen MR) is 61.2 cm³/mol. The van der Waals surface area contributed by atoms with Crippen molar-refractivity contribution in [2.45, 2.75) is 58.0 Å². The fourth-order valence-corrected chi connectivity index (χ4v) is 3.46. The van der Waals surface area contributed by atoms with Crippen molar-refractivity contribution >= 4 is 10.1 Å². The molecule has 15 heavy (non-hydrogen) atoms. The first kappa shape index (κ1) is 13.0. The summed E-state index contributed by atoms with van der Waals surface area (Å²) in [7, 11) is -3.33. The third-order valence-corrected chi connectivity index (χ3v) is 3.53. The molecule has 0 unspecified atom stereocenters. The van der Waals surface area contributed by atoms with Crippen LogP contribution in [0.15, 0.2) is 0 Å². The molecule has 1 aliphatic rings. The molecule has 0 aromatic rings. The predicted octanol–water partition coefficient (Wildman–Crippen LogP) is 2.71. The Morgan fingerprint density at radius 3 is 2.13 bits per heavy atom. The molecule has 1 aliphatic carbocycles. The molecule has 0 saturated heterocycles. The Bertz CT molecular complexity index is 287. The van der Waals surface area contributed by atoms with E-state index in [-0.39, 0.29) is 0 Å². The summed E-state index contributed by atoms with van der Waals surface area (Å²) in [6.07, 6.45) is 7.15. The normalized spacial score (nSPS) is 21.9. The van der Waals surface area contributed by atoms with Gasteiger partial charge in [0.25, 0.3) is 10.1 Å². The molecule has 0 N–H and O–H groups in total. The van der Waals surface area contributed by atoms with Gasteiger partial charge in [0, 0.05) is 0 Å². The Morgan fingerprint density at radius 2 is 1.73 bits per heavy atom. The molecular weight excluding hydrogens is 212 g/mol. The third kappa shape index (κ3) is 4.51. The molecule has 0 heterocycles. The molecule has 1 saturated carbocycles. The highest BCUT2D eigenvalue weighted by atomic mass is 32.2. The van der Waals surface area contributed by atoms with E-state index in [1.54, 1.807) is 0 Å². The first-order valence-electron chi connectivity index (χ1n) is 5.74. The second-order valence-corrected chi connectivity index (χ2v) is 6.70. The van der Waals surface area contributed by atoms with Crippen LogP contribution in [-0.4, -0.2) is 20.3 Å². The molecule has 1 fully saturated rings. The highest BCUT2D eigenvalue weighted by Crippen LogP contribution is 2.37. The van der Waals surface area contributed by atoms with Crippen molar-refractivity contribution in [2.24, 2.45) is 5.92 Å². The van der Waals surface area contributed by atoms with Crippen LogP contribution < -0.4 is 0 Å². The lowest BCUT2D eigenvalue weighted by Crippen LogP contribution is -2.38. The van der Waals surface area contributed by atoms with Gasteiger partial charge < -0.3 is 0 Å². The van der Waals surface area contributed by atoms with Gasteiger partial charge in [-0.2, -0.15) is 8.42 Å². The SMILES string of the molecule is CC(C)CC1(OS(C)(=O)=O)CCCCC1. The Kier molecular flexibility index (Phi) is 4.18. The molecule has 0 aromatic carbocycles. The summed E-state index contributed by atoms with van der Waals surface area (Å²) in [5.74, 6) is 0.477. The lowest BCUT2D eigenvalue weighted by atomic mass is 9.79. The minimum Gasteiger partial charge on any atom is -0.264 e. The summed E-state index contributed by atoms with van der Waals surface area (Å²) < 4.78 is 27.9. The Morgan fingerprint density at radius 1 is 1.20 bits per heavy atom. The monoisotopic (exact) mass is 234 g/mol. The van der Waals surface area contributed by atoms with Crippen LogP contribution in [0.1, 0.15) is 52.4 Å². The van der Waals surface area contributed by atoms with Crippen LogP contribution in [0.2, 0.25) is 0 Å². The van der Waals surface area contributed by atoms with Gasteiger partial charge in [-0.3, -0.25) is 4.18 Å². The van der Waals surface area contributed by atoms with Crippen molar-refractivity contribution in [1.82, 2.24) is 0 Å². The van der Waals surface area contributed by atoms with Crippen molar-refractivity contribution in [3.05, 3.63) is 0 Å². The van der Waals surface area contributed by atoms with Crippen LogP contribution >= 0.6 is 0 Å².